The average Bonchev–Trinajstić information content (AvgIpc) is 3.04. The number of rotatable bonds is 3. The second-order valence-electron chi connectivity index (χ2n) is 7.58. The van der Waals surface area contributed by atoms with Crippen LogP contribution in [0.2, 0.25) is 0 Å². The number of carbonyl (C=O) groups excluding carboxylic acids is 2. The quantitative estimate of drug-likeness (QED) is 0.840. The van der Waals surface area contributed by atoms with Crippen molar-refractivity contribution in [2.45, 2.75) is 45.3 Å². The standard InChI is InChI=1S/C20H29N3O2/c1-5-15-11-22(13-19(15)21(3)4)20(25)18-10-16-8-6-7-9-17(16)12-23(18)14(2)24/h6-9,15,18-19H,5,10-13H2,1-4H3. The van der Waals surface area contributed by atoms with Gasteiger partial charge in [0.2, 0.25) is 11.8 Å². The minimum atomic E-state index is -0.370. The van der Waals surface area contributed by atoms with Crippen LogP contribution in [0.3, 0.4) is 0 Å². The summed E-state index contributed by atoms with van der Waals surface area (Å²) in [5.41, 5.74) is 2.34. The molecule has 0 radical (unpaired) electrons. The third kappa shape index (κ3) is 3.43. The minimum absolute atomic E-state index is 0.0248. The van der Waals surface area contributed by atoms with Gasteiger partial charge in [-0.2, -0.15) is 0 Å². The Morgan fingerprint density at radius 3 is 2.40 bits per heavy atom. The summed E-state index contributed by atoms with van der Waals surface area (Å²) >= 11 is 0. The Balaban J connectivity index is 1.82. The summed E-state index contributed by atoms with van der Waals surface area (Å²) in [5.74, 6) is 0.580. The molecule has 3 rings (SSSR count). The second kappa shape index (κ2) is 7.16. The van der Waals surface area contributed by atoms with Gasteiger partial charge in [-0.15, -0.1) is 0 Å². The highest BCUT2D eigenvalue weighted by Crippen LogP contribution is 2.28. The highest BCUT2D eigenvalue weighted by atomic mass is 16.2. The lowest BCUT2D eigenvalue weighted by atomic mass is 9.93. The maximum absolute atomic E-state index is 13.3. The third-order valence-electron chi connectivity index (χ3n) is 5.84. The Labute approximate surface area is 150 Å². The Morgan fingerprint density at radius 2 is 1.84 bits per heavy atom. The van der Waals surface area contributed by atoms with Crippen LogP contribution in [-0.2, 0) is 22.6 Å². The van der Waals surface area contributed by atoms with Crippen LogP contribution in [0.1, 0.15) is 31.4 Å². The minimum Gasteiger partial charge on any atom is -0.339 e. The van der Waals surface area contributed by atoms with Crippen molar-refractivity contribution in [1.82, 2.24) is 14.7 Å². The van der Waals surface area contributed by atoms with Gasteiger partial charge < -0.3 is 14.7 Å². The number of likely N-dealkylation sites (N-methyl/N-ethyl adjacent to an activating group) is 1. The number of nitrogens with zero attached hydrogens (tertiary/aromatic N) is 3. The van der Waals surface area contributed by atoms with Crippen LogP contribution in [0.4, 0.5) is 0 Å². The first-order valence-electron chi connectivity index (χ1n) is 9.21. The molecule has 0 aliphatic carbocycles. The molecule has 0 saturated carbocycles. The summed E-state index contributed by atoms with van der Waals surface area (Å²) in [7, 11) is 4.17. The van der Waals surface area contributed by atoms with Crippen molar-refractivity contribution in [2.24, 2.45) is 5.92 Å². The van der Waals surface area contributed by atoms with Crippen molar-refractivity contribution in [3.8, 4) is 0 Å². The first-order chi connectivity index (χ1) is 11.9. The second-order valence-corrected chi connectivity index (χ2v) is 7.58. The monoisotopic (exact) mass is 343 g/mol. The lowest BCUT2D eigenvalue weighted by Gasteiger charge is -2.37. The van der Waals surface area contributed by atoms with E-state index < -0.39 is 0 Å². The van der Waals surface area contributed by atoms with Crippen molar-refractivity contribution >= 4 is 11.8 Å². The summed E-state index contributed by atoms with van der Waals surface area (Å²) in [5, 5.41) is 0. The van der Waals surface area contributed by atoms with E-state index in [1.54, 1.807) is 11.8 Å². The van der Waals surface area contributed by atoms with E-state index in [0.717, 1.165) is 25.1 Å². The third-order valence-corrected chi connectivity index (χ3v) is 5.84. The van der Waals surface area contributed by atoms with Crippen LogP contribution in [0.25, 0.3) is 0 Å². The zero-order valence-electron chi connectivity index (χ0n) is 15.7. The van der Waals surface area contributed by atoms with E-state index in [2.05, 4.69) is 38.1 Å². The number of likely N-dealkylation sites (tertiary alicyclic amines) is 1. The molecule has 2 aliphatic heterocycles. The van der Waals surface area contributed by atoms with Crippen molar-refractivity contribution in [3.63, 3.8) is 0 Å². The lowest BCUT2D eigenvalue weighted by molar-refractivity contribution is -0.145. The molecule has 5 nitrogen and oxygen atoms in total. The predicted molar refractivity (Wildman–Crippen MR) is 98.0 cm³/mol. The van der Waals surface area contributed by atoms with Gasteiger partial charge in [-0.1, -0.05) is 37.6 Å². The molecule has 136 valence electrons. The lowest BCUT2D eigenvalue weighted by Crippen LogP contribution is -2.53. The van der Waals surface area contributed by atoms with Crippen molar-refractivity contribution in [2.75, 3.05) is 27.2 Å². The summed E-state index contributed by atoms with van der Waals surface area (Å²) in [4.78, 5) is 31.4. The molecule has 1 aromatic carbocycles. The fraction of sp³-hybridized carbons (Fsp3) is 0.600. The van der Waals surface area contributed by atoms with Crippen LogP contribution in [0.15, 0.2) is 24.3 Å². The number of hydrogen-bond acceptors (Lipinski definition) is 3. The zero-order chi connectivity index (χ0) is 18.1. The molecule has 2 heterocycles. The van der Waals surface area contributed by atoms with E-state index in [0.29, 0.717) is 24.9 Å². The fourth-order valence-electron chi connectivity index (χ4n) is 4.31. The summed E-state index contributed by atoms with van der Waals surface area (Å²) < 4.78 is 0. The maximum atomic E-state index is 13.3. The molecular formula is C20H29N3O2. The van der Waals surface area contributed by atoms with Crippen LogP contribution < -0.4 is 0 Å². The number of amides is 2. The van der Waals surface area contributed by atoms with Gasteiger partial charge in [0.15, 0.2) is 0 Å². The van der Waals surface area contributed by atoms with Gasteiger partial charge in [-0.3, -0.25) is 9.59 Å². The molecule has 0 spiro atoms. The maximum Gasteiger partial charge on any atom is 0.245 e. The topological polar surface area (TPSA) is 43.9 Å². The van der Waals surface area contributed by atoms with Crippen molar-refractivity contribution in [1.29, 1.82) is 0 Å². The molecule has 1 fully saturated rings. The molecule has 2 aliphatic rings. The molecule has 2 amide bonds. The zero-order valence-corrected chi connectivity index (χ0v) is 15.7. The summed E-state index contributed by atoms with van der Waals surface area (Å²) in [6, 6.07) is 8.16. The van der Waals surface area contributed by atoms with E-state index in [1.807, 2.05) is 17.0 Å². The van der Waals surface area contributed by atoms with Crippen LogP contribution in [-0.4, -0.2) is 65.8 Å². The molecule has 3 unspecified atom stereocenters. The molecule has 0 N–H and O–H groups in total. The molecule has 1 saturated heterocycles. The van der Waals surface area contributed by atoms with Crippen LogP contribution in [0.5, 0.6) is 0 Å². The summed E-state index contributed by atoms with van der Waals surface area (Å²) in [6.45, 7) is 5.84. The molecule has 5 heteroatoms. The van der Waals surface area contributed by atoms with Gasteiger partial charge in [0.25, 0.3) is 0 Å². The average molecular weight is 343 g/mol. The number of benzene rings is 1. The number of carbonyl (C=O) groups is 2. The van der Waals surface area contributed by atoms with E-state index in [1.165, 1.54) is 5.56 Å². The van der Waals surface area contributed by atoms with Crippen LogP contribution in [0, 0.1) is 5.92 Å². The summed E-state index contributed by atoms with van der Waals surface area (Å²) in [6.07, 6.45) is 1.69. The van der Waals surface area contributed by atoms with Gasteiger partial charge in [0.1, 0.15) is 6.04 Å². The predicted octanol–water partition coefficient (Wildman–Crippen LogP) is 1.76. The SMILES string of the molecule is CCC1CN(C(=O)C2Cc3ccccc3CN2C(C)=O)CC1N(C)C. The van der Waals surface area contributed by atoms with Crippen molar-refractivity contribution in [3.05, 3.63) is 35.4 Å². The molecule has 0 bridgehead atoms. The van der Waals surface area contributed by atoms with E-state index in [-0.39, 0.29) is 17.9 Å². The molecule has 1 aromatic rings. The Kier molecular flexibility index (Phi) is 5.13. The normalized spacial score (nSPS) is 26.0. The first-order valence-corrected chi connectivity index (χ1v) is 9.21. The van der Waals surface area contributed by atoms with E-state index >= 15 is 0 Å². The number of fused-ring (bicyclic) bond motifs is 1. The molecular weight excluding hydrogens is 314 g/mol. The van der Waals surface area contributed by atoms with E-state index in [9.17, 15) is 9.59 Å². The van der Waals surface area contributed by atoms with Gasteiger partial charge >= 0.3 is 0 Å². The molecule has 0 aromatic heterocycles. The molecule has 3 atom stereocenters. The van der Waals surface area contributed by atoms with E-state index in [4.69, 9.17) is 0 Å². The van der Waals surface area contributed by atoms with Crippen LogP contribution >= 0.6 is 0 Å². The highest BCUT2D eigenvalue weighted by molar-refractivity contribution is 5.88. The first kappa shape index (κ1) is 17.9. The smallest absolute Gasteiger partial charge is 0.245 e. The fourth-order valence-corrected chi connectivity index (χ4v) is 4.31. The molecule has 25 heavy (non-hydrogen) atoms. The van der Waals surface area contributed by atoms with Gasteiger partial charge in [-0.25, -0.2) is 0 Å². The Hall–Kier alpha value is -1.88. The van der Waals surface area contributed by atoms with Crippen molar-refractivity contribution < 1.29 is 9.59 Å². The Bertz CT molecular complexity index is 658. The van der Waals surface area contributed by atoms with Gasteiger partial charge in [0.05, 0.1) is 0 Å². The number of hydrogen-bond donors (Lipinski definition) is 0. The Morgan fingerprint density at radius 1 is 1.16 bits per heavy atom. The van der Waals surface area contributed by atoms with Gasteiger partial charge in [-0.05, 0) is 31.1 Å². The van der Waals surface area contributed by atoms with Gasteiger partial charge in [0, 0.05) is 39.0 Å². The highest BCUT2D eigenvalue weighted by Gasteiger charge is 2.41. The largest absolute Gasteiger partial charge is 0.339 e.